The second-order valence-electron chi connectivity index (χ2n) is 7.87. The van der Waals surface area contributed by atoms with E-state index in [4.69, 9.17) is 14.7 Å². The Bertz CT molecular complexity index is 999. The van der Waals surface area contributed by atoms with Crippen molar-refractivity contribution < 1.29 is 4.74 Å². The van der Waals surface area contributed by atoms with E-state index in [9.17, 15) is 0 Å². The number of likely N-dealkylation sites (tertiary alicyclic amines) is 1. The second kappa shape index (κ2) is 7.88. The summed E-state index contributed by atoms with van der Waals surface area (Å²) >= 11 is 0. The van der Waals surface area contributed by atoms with Gasteiger partial charge in [-0.25, -0.2) is 9.97 Å². The van der Waals surface area contributed by atoms with Gasteiger partial charge in [0.25, 0.3) is 0 Å². The van der Waals surface area contributed by atoms with Crippen LogP contribution in [-0.2, 0) is 0 Å². The lowest BCUT2D eigenvalue weighted by atomic mass is 9.94. The van der Waals surface area contributed by atoms with Crippen molar-refractivity contribution in [2.24, 2.45) is 0 Å². The molecule has 1 aliphatic rings. The highest BCUT2D eigenvalue weighted by Crippen LogP contribution is 2.34. The smallest absolute Gasteiger partial charge is 0.160 e. The minimum Gasteiger partial charge on any atom is -0.496 e. The number of nitrogens with zero attached hydrogens (tertiary/aromatic N) is 3. The van der Waals surface area contributed by atoms with Crippen molar-refractivity contribution in [3.8, 4) is 17.0 Å². The number of rotatable bonds is 4. The first-order valence-electron chi connectivity index (χ1n) is 10.2. The number of likely N-dealkylation sites (N-methyl/N-ethyl adjacent to an activating group) is 1. The number of benzene rings is 1. The molecular weight excluding hydrogens is 346 g/mol. The molecule has 0 radical (unpaired) electrons. The van der Waals surface area contributed by atoms with Crippen LogP contribution < -0.4 is 4.74 Å². The number of aryl methyl sites for hydroxylation is 2. The Morgan fingerprint density at radius 3 is 2.71 bits per heavy atom. The van der Waals surface area contributed by atoms with Gasteiger partial charge in [0.05, 0.1) is 12.8 Å². The second-order valence-corrected chi connectivity index (χ2v) is 7.87. The molecule has 0 amide bonds. The van der Waals surface area contributed by atoms with Crippen LogP contribution in [0.4, 0.5) is 0 Å². The fraction of sp³-hybridized carbons (Fsp3) is 0.417. The molecule has 0 bridgehead atoms. The molecule has 1 unspecified atom stereocenters. The van der Waals surface area contributed by atoms with E-state index in [0.29, 0.717) is 5.92 Å². The average molecular weight is 376 g/mol. The van der Waals surface area contributed by atoms with E-state index in [2.05, 4.69) is 62.1 Å². The van der Waals surface area contributed by atoms with Crippen LogP contribution in [0.25, 0.3) is 22.3 Å². The van der Waals surface area contributed by atoms with E-state index in [0.717, 1.165) is 41.1 Å². The minimum atomic E-state index is 0.499. The van der Waals surface area contributed by atoms with Gasteiger partial charge in [-0.05, 0) is 81.2 Å². The molecule has 0 saturated carbocycles. The Kier molecular flexibility index (Phi) is 5.31. The standard InChI is InChI=1S/C24H29N3O/c1-5-27-12-6-7-19(15-27)20-10-8-18-9-11-21(26-24(18)25-20)23-17(3)13-16(2)14-22(23)28-4/h8-11,13-14,19H,5-7,12,15H2,1-4H3. The van der Waals surface area contributed by atoms with Crippen LogP contribution in [0.3, 0.4) is 0 Å². The molecule has 0 N–H and O–H groups in total. The van der Waals surface area contributed by atoms with Gasteiger partial charge in [0, 0.05) is 29.1 Å². The van der Waals surface area contributed by atoms with Crippen molar-refractivity contribution in [1.82, 2.24) is 14.9 Å². The molecule has 1 fully saturated rings. The molecule has 1 atom stereocenters. The van der Waals surface area contributed by atoms with E-state index >= 15 is 0 Å². The number of pyridine rings is 2. The highest BCUT2D eigenvalue weighted by atomic mass is 16.5. The average Bonchev–Trinajstić information content (AvgIpc) is 2.72. The summed E-state index contributed by atoms with van der Waals surface area (Å²) in [7, 11) is 1.72. The highest BCUT2D eigenvalue weighted by Gasteiger charge is 2.22. The SMILES string of the molecule is CCN1CCCC(c2ccc3ccc(-c4c(C)cc(C)cc4OC)nc3n2)C1. The molecule has 1 saturated heterocycles. The molecule has 3 heterocycles. The van der Waals surface area contributed by atoms with Crippen molar-refractivity contribution in [2.75, 3.05) is 26.7 Å². The van der Waals surface area contributed by atoms with E-state index in [1.165, 1.54) is 36.2 Å². The van der Waals surface area contributed by atoms with Crippen LogP contribution in [0.1, 0.15) is 42.5 Å². The summed E-state index contributed by atoms with van der Waals surface area (Å²) in [5.74, 6) is 1.37. The Morgan fingerprint density at radius 1 is 1.11 bits per heavy atom. The lowest BCUT2D eigenvalue weighted by Crippen LogP contribution is -2.34. The molecule has 0 spiro atoms. The molecule has 0 aliphatic carbocycles. The molecule has 1 aromatic carbocycles. The molecule has 2 aromatic heterocycles. The lowest BCUT2D eigenvalue weighted by molar-refractivity contribution is 0.216. The zero-order chi connectivity index (χ0) is 19.7. The molecule has 28 heavy (non-hydrogen) atoms. The quantitative estimate of drug-likeness (QED) is 0.634. The lowest BCUT2D eigenvalue weighted by Gasteiger charge is -2.31. The van der Waals surface area contributed by atoms with E-state index in [1.807, 2.05) is 0 Å². The number of piperidine rings is 1. The molecule has 146 valence electrons. The Labute approximate surface area is 167 Å². The number of hydrogen-bond donors (Lipinski definition) is 0. The maximum atomic E-state index is 5.65. The first-order chi connectivity index (χ1) is 13.6. The van der Waals surface area contributed by atoms with Crippen molar-refractivity contribution >= 4 is 11.0 Å². The normalized spacial score (nSPS) is 17.8. The summed E-state index contributed by atoms with van der Waals surface area (Å²) in [6, 6.07) is 12.8. The largest absolute Gasteiger partial charge is 0.496 e. The number of aromatic nitrogens is 2. The Morgan fingerprint density at radius 2 is 1.93 bits per heavy atom. The van der Waals surface area contributed by atoms with Crippen molar-refractivity contribution in [3.05, 3.63) is 53.2 Å². The molecule has 4 rings (SSSR count). The maximum Gasteiger partial charge on any atom is 0.160 e. The van der Waals surface area contributed by atoms with E-state index < -0.39 is 0 Å². The van der Waals surface area contributed by atoms with Crippen molar-refractivity contribution in [1.29, 1.82) is 0 Å². The number of methoxy groups -OCH3 is 1. The van der Waals surface area contributed by atoms with Crippen LogP contribution in [0.5, 0.6) is 5.75 Å². The molecule has 4 nitrogen and oxygen atoms in total. The zero-order valence-electron chi connectivity index (χ0n) is 17.3. The van der Waals surface area contributed by atoms with Gasteiger partial charge in [-0.3, -0.25) is 0 Å². The molecular formula is C24H29N3O. The van der Waals surface area contributed by atoms with Crippen LogP contribution in [-0.4, -0.2) is 41.6 Å². The zero-order valence-corrected chi connectivity index (χ0v) is 17.3. The van der Waals surface area contributed by atoms with Crippen molar-refractivity contribution in [2.45, 2.75) is 39.5 Å². The molecule has 4 heteroatoms. The summed E-state index contributed by atoms with van der Waals surface area (Å²) in [5, 5.41) is 1.08. The van der Waals surface area contributed by atoms with Gasteiger partial charge in [0.2, 0.25) is 0 Å². The predicted molar refractivity (Wildman–Crippen MR) is 115 cm³/mol. The maximum absolute atomic E-state index is 5.65. The number of ether oxygens (including phenoxy) is 1. The third-order valence-corrected chi connectivity index (χ3v) is 5.86. The fourth-order valence-electron chi connectivity index (χ4n) is 4.38. The Balaban J connectivity index is 1.75. The summed E-state index contributed by atoms with van der Waals surface area (Å²) in [6.07, 6.45) is 2.45. The van der Waals surface area contributed by atoms with Gasteiger partial charge < -0.3 is 9.64 Å². The topological polar surface area (TPSA) is 38.2 Å². The summed E-state index contributed by atoms with van der Waals surface area (Å²) in [4.78, 5) is 12.4. The van der Waals surface area contributed by atoms with Gasteiger partial charge in [0.15, 0.2) is 5.65 Å². The highest BCUT2D eigenvalue weighted by molar-refractivity contribution is 5.81. The fourth-order valence-corrected chi connectivity index (χ4v) is 4.38. The van der Waals surface area contributed by atoms with Gasteiger partial charge in [-0.15, -0.1) is 0 Å². The first kappa shape index (κ1) is 18.9. The first-order valence-corrected chi connectivity index (χ1v) is 10.2. The van der Waals surface area contributed by atoms with Crippen LogP contribution in [0, 0.1) is 13.8 Å². The van der Waals surface area contributed by atoms with E-state index in [-0.39, 0.29) is 0 Å². The third-order valence-electron chi connectivity index (χ3n) is 5.86. The predicted octanol–water partition coefficient (Wildman–Crippen LogP) is 5.12. The van der Waals surface area contributed by atoms with E-state index in [1.54, 1.807) is 7.11 Å². The van der Waals surface area contributed by atoms with Crippen LogP contribution in [0.2, 0.25) is 0 Å². The summed E-state index contributed by atoms with van der Waals surface area (Å²) in [5.41, 5.74) is 6.33. The minimum absolute atomic E-state index is 0.499. The van der Waals surface area contributed by atoms with Crippen LogP contribution in [0.15, 0.2) is 36.4 Å². The summed E-state index contributed by atoms with van der Waals surface area (Å²) < 4.78 is 5.65. The number of fused-ring (bicyclic) bond motifs is 1. The monoisotopic (exact) mass is 375 g/mol. The third kappa shape index (κ3) is 3.61. The summed E-state index contributed by atoms with van der Waals surface area (Å²) in [6.45, 7) is 9.85. The van der Waals surface area contributed by atoms with Crippen molar-refractivity contribution in [3.63, 3.8) is 0 Å². The van der Waals surface area contributed by atoms with Crippen LogP contribution >= 0.6 is 0 Å². The van der Waals surface area contributed by atoms with Gasteiger partial charge in [-0.2, -0.15) is 0 Å². The molecule has 3 aromatic rings. The van der Waals surface area contributed by atoms with Gasteiger partial charge in [-0.1, -0.05) is 13.0 Å². The Hall–Kier alpha value is -2.46. The van der Waals surface area contributed by atoms with Gasteiger partial charge in [0.1, 0.15) is 5.75 Å². The van der Waals surface area contributed by atoms with Gasteiger partial charge >= 0.3 is 0 Å². The molecule has 1 aliphatic heterocycles. The number of hydrogen-bond acceptors (Lipinski definition) is 4.